The van der Waals surface area contributed by atoms with Crippen LogP contribution in [0.1, 0.15) is 36.2 Å². The molecule has 7 heteroatoms. The minimum Gasteiger partial charge on any atom is -0.354 e. The molecule has 7 nitrogen and oxygen atoms in total. The Morgan fingerprint density at radius 3 is 2.92 bits per heavy atom. The molecule has 0 aliphatic carbocycles. The molecule has 0 saturated carbocycles. The van der Waals surface area contributed by atoms with Crippen molar-refractivity contribution in [2.75, 3.05) is 19.6 Å². The van der Waals surface area contributed by atoms with Crippen molar-refractivity contribution in [1.82, 2.24) is 26.1 Å². The quantitative estimate of drug-likeness (QED) is 0.634. The third-order valence-corrected chi connectivity index (χ3v) is 4.28. The number of aromatic amines is 1. The number of para-hydroxylation sites is 1. The summed E-state index contributed by atoms with van der Waals surface area (Å²) in [5.41, 5.74) is 1.18. The molecule has 0 bridgehead atoms. The number of hydrogen-bond donors (Lipinski definition) is 4. The van der Waals surface area contributed by atoms with Gasteiger partial charge in [-0.1, -0.05) is 24.6 Å². The number of benzene rings is 1. The first kappa shape index (κ1) is 16.4. The van der Waals surface area contributed by atoms with Crippen molar-refractivity contribution in [3.63, 3.8) is 0 Å². The molecule has 4 N–H and O–H groups in total. The van der Waals surface area contributed by atoms with E-state index in [-0.39, 0.29) is 18.2 Å². The second-order valence-electron chi connectivity index (χ2n) is 6.07. The Morgan fingerprint density at radius 2 is 2.08 bits per heavy atom. The maximum absolute atomic E-state index is 12.2. The highest BCUT2D eigenvalue weighted by Gasteiger charge is 2.15. The molecule has 1 aromatic heterocycles. The number of nitrogens with zero attached hydrogens (tertiary/aromatic N) is 1. The molecule has 2 heterocycles. The Bertz CT molecular complexity index is 706. The number of piperidine rings is 1. The molecule has 2 aromatic rings. The highest BCUT2D eigenvalue weighted by atomic mass is 16.2. The molecule has 1 aliphatic heterocycles. The van der Waals surface area contributed by atoms with E-state index in [0.29, 0.717) is 24.8 Å². The Morgan fingerprint density at radius 1 is 1.21 bits per heavy atom. The van der Waals surface area contributed by atoms with Gasteiger partial charge in [-0.15, -0.1) is 0 Å². The number of rotatable bonds is 6. The van der Waals surface area contributed by atoms with Crippen LogP contribution < -0.4 is 16.0 Å². The first-order valence-electron chi connectivity index (χ1n) is 8.45. The zero-order chi connectivity index (χ0) is 16.8. The fourth-order valence-electron chi connectivity index (χ4n) is 2.93. The number of H-pyrrole nitrogens is 1. The zero-order valence-electron chi connectivity index (χ0n) is 13.6. The molecule has 0 spiro atoms. The molecule has 1 atom stereocenters. The van der Waals surface area contributed by atoms with Crippen molar-refractivity contribution in [1.29, 1.82) is 0 Å². The Balaban J connectivity index is 1.40. The number of nitrogens with one attached hydrogen (secondary N) is 4. The minimum atomic E-state index is -0.269. The highest BCUT2D eigenvalue weighted by molar-refractivity contribution is 6.04. The second kappa shape index (κ2) is 7.92. The lowest BCUT2D eigenvalue weighted by atomic mass is 10.1. The van der Waals surface area contributed by atoms with Crippen LogP contribution in [0.3, 0.4) is 0 Å². The van der Waals surface area contributed by atoms with Gasteiger partial charge >= 0.3 is 0 Å². The third kappa shape index (κ3) is 4.11. The maximum atomic E-state index is 12.2. The van der Waals surface area contributed by atoms with Gasteiger partial charge in [0.05, 0.1) is 5.52 Å². The summed E-state index contributed by atoms with van der Waals surface area (Å²) >= 11 is 0. The van der Waals surface area contributed by atoms with Crippen LogP contribution in [-0.2, 0) is 4.79 Å². The SMILES string of the molecule is O=C(CCNC(=O)c1n[nH]c2ccccc12)NCC1CCCCN1. The van der Waals surface area contributed by atoms with E-state index in [9.17, 15) is 9.59 Å². The summed E-state index contributed by atoms with van der Waals surface area (Å²) in [5, 5.41) is 16.7. The summed E-state index contributed by atoms with van der Waals surface area (Å²) in [5.74, 6) is -0.316. The largest absolute Gasteiger partial charge is 0.354 e. The van der Waals surface area contributed by atoms with Crippen molar-refractivity contribution in [2.45, 2.75) is 31.7 Å². The predicted molar refractivity (Wildman–Crippen MR) is 91.7 cm³/mol. The van der Waals surface area contributed by atoms with Crippen LogP contribution in [0, 0.1) is 0 Å². The van der Waals surface area contributed by atoms with E-state index in [4.69, 9.17) is 0 Å². The van der Waals surface area contributed by atoms with Crippen LogP contribution in [0.25, 0.3) is 10.9 Å². The lowest BCUT2D eigenvalue weighted by Crippen LogP contribution is -2.44. The fourth-order valence-corrected chi connectivity index (χ4v) is 2.93. The number of amides is 2. The van der Waals surface area contributed by atoms with E-state index in [0.717, 1.165) is 23.9 Å². The van der Waals surface area contributed by atoms with E-state index in [2.05, 4.69) is 26.1 Å². The van der Waals surface area contributed by atoms with Gasteiger partial charge in [0.2, 0.25) is 5.91 Å². The van der Waals surface area contributed by atoms with Gasteiger partial charge in [-0.25, -0.2) is 0 Å². The summed E-state index contributed by atoms with van der Waals surface area (Å²) in [6.45, 7) is 1.97. The average Bonchev–Trinajstić information content (AvgIpc) is 3.05. The lowest BCUT2D eigenvalue weighted by Gasteiger charge is -2.23. The molecule has 128 valence electrons. The van der Waals surface area contributed by atoms with Crippen molar-refractivity contribution in [3.05, 3.63) is 30.0 Å². The van der Waals surface area contributed by atoms with Gasteiger partial charge in [-0.3, -0.25) is 14.7 Å². The normalized spacial score (nSPS) is 17.6. The second-order valence-corrected chi connectivity index (χ2v) is 6.07. The van der Waals surface area contributed by atoms with E-state index < -0.39 is 0 Å². The molecule has 3 rings (SSSR count). The van der Waals surface area contributed by atoms with E-state index in [1.54, 1.807) is 0 Å². The van der Waals surface area contributed by atoms with Crippen molar-refractivity contribution < 1.29 is 9.59 Å². The molecule has 1 aliphatic rings. The molecule has 24 heavy (non-hydrogen) atoms. The van der Waals surface area contributed by atoms with Crippen LogP contribution in [0.5, 0.6) is 0 Å². The molecular weight excluding hydrogens is 306 g/mol. The fraction of sp³-hybridized carbons (Fsp3) is 0.471. The summed E-state index contributed by atoms with van der Waals surface area (Å²) in [6, 6.07) is 7.83. The molecule has 2 amide bonds. The highest BCUT2D eigenvalue weighted by Crippen LogP contribution is 2.14. The van der Waals surface area contributed by atoms with E-state index in [1.165, 1.54) is 12.8 Å². The first-order valence-corrected chi connectivity index (χ1v) is 8.45. The molecule has 1 aromatic carbocycles. The molecular formula is C17H23N5O2. The molecule has 1 fully saturated rings. The standard InChI is InChI=1S/C17H23N5O2/c23-15(20-11-12-5-3-4-9-18-12)8-10-19-17(24)16-13-6-1-2-7-14(13)21-22-16/h1-2,6-7,12,18H,3-5,8-11H2,(H,19,24)(H,20,23)(H,21,22). The topological polar surface area (TPSA) is 98.9 Å². The number of carbonyl (C=O) groups is 2. The number of fused-ring (bicyclic) bond motifs is 1. The van der Waals surface area contributed by atoms with Crippen molar-refractivity contribution in [2.24, 2.45) is 0 Å². The number of aromatic nitrogens is 2. The summed E-state index contributed by atoms with van der Waals surface area (Å²) < 4.78 is 0. The summed E-state index contributed by atoms with van der Waals surface area (Å²) in [7, 11) is 0. The van der Waals surface area contributed by atoms with Crippen molar-refractivity contribution in [3.8, 4) is 0 Å². The smallest absolute Gasteiger partial charge is 0.272 e. The first-order chi connectivity index (χ1) is 11.7. The predicted octanol–water partition coefficient (Wildman–Crippen LogP) is 0.941. The monoisotopic (exact) mass is 329 g/mol. The van der Waals surface area contributed by atoms with Gasteiger partial charge < -0.3 is 16.0 Å². The number of carbonyl (C=O) groups excluding carboxylic acids is 2. The van der Waals surface area contributed by atoms with Crippen LogP contribution in [0.4, 0.5) is 0 Å². The van der Waals surface area contributed by atoms with Crippen LogP contribution in [0.2, 0.25) is 0 Å². The van der Waals surface area contributed by atoms with Crippen LogP contribution >= 0.6 is 0 Å². The Hall–Kier alpha value is -2.41. The minimum absolute atomic E-state index is 0.0467. The Labute approximate surface area is 140 Å². The van der Waals surface area contributed by atoms with Crippen molar-refractivity contribution >= 4 is 22.7 Å². The Kier molecular flexibility index (Phi) is 5.43. The van der Waals surface area contributed by atoms with Gasteiger partial charge in [-0.05, 0) is 25.5 Å². The van der Waals surface area contributed by atoms with Gasteiger partial charge in [0.25, 0.3) is 5.91 Å². The van der Waals surface area contributed by atoms with Gasteiger partial charge in [0, 0.05) is 30.9 Å². The molecule has 1 unspecified atom stereocenters. The van der Waals surface area contributed by atoms with E-state index in [1.807, 2.05) is 24.3 Å². The van der Waals surface area contributed by atoms with Gasteiger partial charge in [0.1, 0.15) is 0 Å². The molecule has 1 saturated heterocycles. The van der Waals surface area contributed by atoms with E-state index >= 15 is 0 Å². The summed E-state index contributed by atoms with van der Waals surface area (Å²) in [4.78, 5) is 24.0. The summed E-state index contributed by atoms with van der Waals surface area (Å²) in [6.07, 6.45) is 3.78. The lowest BCUT2D eigenvalue weighted by molar-refractivity contribution is -0.121. The van der Waals surface area contributed by atoms with Gasteiger partial charge in [-0.2, -0.15) is 5.10 Å². The van der Waals surface area contributed by atoms with Gasteiger partial charge in [0.15, 0.2) is 5.69 Å². The average molecular weight is 329 g/mol. The molecule has 0 radical (unpaired) electrons. The number of hydrogen-bond acceptors (Lipinski definition) is 4. The third-order valence-electron chi connectivity index (χ3n) is 4.28. The maximum Gasteiger partial charge on any atom is 0.272 e. The van der Waals surface area contributed by atoms with Crippen LogP contribution in [-0.4, -0.2) is 47.7 Å². The van der Waals surface area contributed by atoms with Crippen LogP contribution in [0.15, 0.2) is 24.3 Å². The zero-order valence-corrected chi connectivity index (χ0v) is 13.6.